The molecule has 0 amide bonds. The molecule has 0 saturated carbocycles. The molecule has 26 heavy (non-hydrogen) atoms. The third kappa shape index (κ3) is 3.15. The van der Waals surface area contributed by atoms with Gasteiger partial charge in [-0.3, -0.25) is 4.79 Å². The number of halogens is 1. The summed E-state index contributed by atoms with van der Waals surface area (Å²) in [6.45, 7) is 3.65. The van der Waals surface area contributed by atoms with E-state index in [1.165, 1.54) is 35.2 Å². The van der Waals surface area contributed by atoms with Gasteiger partial charge in [-0.2, -0.15) is 4.98 Å². The number of thiophene rings is 1. The number of fused-ring (bicyclic) bond motifs is 1. The highest BCUT2D eigenvalue weighted by molar-refractivity contribution is 7.99. The number of nitrogens with zero attached hydrogens (tertiary/aromatic N) is 3. The van der Waals surface area contributed by atoms with Gasteiger partial charge in [-0.15, -0.1) is 11.3 Å². The van der Waals surface area contributed by atoms with E-state index in [0.29, 0.717) is 27.1 Å². The van der Waals surface area contributed by atoms with Crippen molar-refractivity contribution >= 4 is 33.3 Å². The van der Waals surface area contributed by atoms with Crippen LogP contribution in [0.5, 0.6) is 0 Å². The number of thioether (sulfide) groups is 1. The van der Waals surface area contributed by atoms with Gasteiger partial charge in [0, 0.05) is 10.9 Å². The monoisotopic (exact) mass is 388 g/mol. The molecule has 0 aliphatic rings. The lowest BCUT2D eigenvalue weighted by Crippen LogP contribution is -2.09. The summed E-state index contributed by atoms with van der Waals surface area (Å²) < 4.78 is 18.3. The molecule has 0 saturated heterocycles. The predicted octanol–water partition coefficient (Wildman–Crippen LogP) is 4.34. The van der Waals surface area contributed by atoms with Gasteiger partial charge in [-0.05, 0) is 31.5 Å². The van der Waals surface area contributed by atoms with E-state index in [9.17, 15) is 9.18 Å². The smallest absolute Gasteiger partial charge is 0.260 e. The Morgan fingerprint density at radius 1 is 1.27 bits per heavy atom. The summed E-state index contributed by atoms with van der Waals surface area (Å²) in [5.41, 5.74) is 1.29. The van der Waals surface area contributed by atoms with Crippen LogP contribution in [0, 0.1) is 12.7 Å². The Labute approximate surface area is 155 Å². The molecule has 9 heteroatoms. The summed E-state index contributed by atoms with van der Waals surface area (Å²) in [5, 5.41) is 6.48. The van der Waals surface area contributed by atoms with Crippen molar-refractivity contribution < 1.29 is 8.91 Å². The van der Waals surface area contributed by atoms with Crippen molar-refractivity contribution in [2.45, 2.75) is 24.3 Å². The Balaban J connectivity index is 1.69. The van der Waals surface area contributed by atoms with Crippen LogP contribution in [0.1, 0.15) is 23.9 Å². The first-order chi connectivity index (χ1) is 12.5. The van der Waals surface area contributed by atoms with Gasteiger partial charge in [0.2, 0.25) is 5.89 Å². The van der Waals surface area contributed by atoms with Crippen molar-refractivity contribution in [3.8, 4) is 11.1 Å². The number of hydrogen-bond donors (Lipinski definition) is 1. The maximum atomic E-state index is 13.1. The molecule has 4 aromatic rings. The third-order valence-corrected chi connectivity index (χ3v) is 5.60. The first-order valence-corrected chi connectivity index (χ1v) is 9.51. The van der Waals surface area contributed by atoms with Gasteiger partial charge in [0.05, 0.1) is 10.6 Å². The number of hydrogen-bond acceptors (Lipinski definition) is 7. The molecule has 1 atom stereocenters. The van der Waals surface area contributed by atoms with Crippen LogP contribution in [-0.4, -0.2) is 20.1 Å². The molecule has 0 unspecified atom stereocenters. The highest BCUT2D eigenvalue weighted by Gasteiger charge is 2.18. The summed E-state index contributed by atoms with van der Waals surface area (Å²) in [5.74, 6) is 0.726. The molecule has 3 aromatic heterocycles. The average Bonchev–Trinajstić information content (AvgIpc) is 3.22. The molecule has 132 valence electrons. The van der Waals surface area contributed by atoms with Crippen LogP contribution < -0.4 is 5.56 Å². The van der Waals surface area contributed by atoms with Crippen LogP contribution in [0.25, 0.3) is 21.3 Å². The minimum absolute atomic E-state index is 0.145. The van der Waals surface area contributed by atoms with Crippen molar-refractivity contribution in [2.75, 3.05) is 0 Å². The lowest BCUT2D eigenvalue weighted by molar-refractivity contribution is 0.376. The maximum Gasteiger partial charge on any atom is 0.260 e. The van der Waals surface area contributed by atoms with E-state index in [1.807, 2.05) is 12.3 Å². The first-order valence-electron chi connectivity index (χ1n) is 7.75. The third-order valence-electron chi connectivity index (χ3n) is 3.76. The van der Waals surface area contributed by atoms with Crippen LogP contribution >= 0.6 is 23.1 Å². The van der Waals surface area contributed by atoms with Crippen molar-refractivity contribution in [1.29, 1.82) is 0 Å². The largest absolute Gasteiger partial charge is 0.338 e. The van der Waals surface area contributed by atoms with E-state index in [1.54, 1.807) is 19.1 Å². The Hall–Kier alpha value is -2.52. The molecule has 6 nitrogen and oxygen atoms in total. The van der Waals surface area contributed by atoms with Crippen LogP contribution in [0.15, 0.2) is 44.1 Å². The SMILES string of the molecule is Cc1noc([C@@H](C)Sc2nc3scc(-c4ccc(F)cc4)c3c(=O)[nH]2)n1. The minimum atomic E-state index is -0.316. The van der Waals surface area contributed by atoms with Crippen molar-refractivity contribution in [1.82, 2.24) is 20.1 Å². The number of benzene rings is 1. The number of aromatic amines is 1. The predicted molar refractivity (Wildman–Crippen MR) is 98.9 cm³/mol. The van der Waals surface area contributed by atoms with Crippen LogP contribution in [0.2, 0.25) is 0 Å². The molecular formula is C17H13FN4O2S2. The van der Waals surface area contributed by atoms with Crippen LogP contribution in [0.3, 0.4) is 0 Å². The molecule has 0 aliphatic heterocycles. The molecule has 1 aromatic carbocycles. The van der Waals surface area contributed by atoms with E-state index in [-0.39, 0.29) is 16.6 Å². The van der Waals surface area contributed by atoms with Crippen molar-refractivity contribution in [3.63, 3.8) is 0 Å². The number of rotatable bonds is 4. The normalized spacial score (nSPS) is 12.6. The molecule has 0 fully saturated rings. The molecule has 0 radical (unpaired) electrons. The zero-order chi connectivity index (χ0) is 18.3. The van der Waals surface area contributed by atoms with Gasteiger partial charge in [0.1, 0.15) is 10.6 Å². The van der Waals surface area contributed by atoms with Gasteiger partial charge in [-0.25, -0.2) is 9.37 Å². The maximum absolute atomic E-state index is 13.1. The van der Waals surface area contributed by atoms with E-state index in [4.69, 9.17) is 4.52 Å². The minimum Gasteiger partial charge on any atom is -0.338 e. The number of H-pyrrole nitrogens is 1. The fourth-order valence-electron chi connectivity index (χ4n) is 2.52. The Morgan fingerprint density at radius 3 is 2.73 bits per heavy atom. The summed E-state index contributed by atoms with van der Waals surface area (Å²) in [6.07, 6.45) is 0. The fourth-order valence-corrected chi connectivity index (χ4v) is 4.36. The van der Waals surface area contributed by atoms with E-state index in [0.717, 1.165) is 11.1 Å². The molecule has 1 N–H and O–H groups in total. The number of aromatic nitrogens is 4. The lowest BCUT2D eigenvalue weighted by atomic mass is 10.1. The van der Waals surface area contributed by atoms with Crippen molar-refractivity contribution in [2.24, 2.45) is 0 Å². The molecule has 0 bridgehead atoms. The fraction of sp³-hybridized carbons (Fsp3) is 0.176. The molecular weight excluding hydrogens is 375 g/mol. The number of aryl methyl sites for hydroxylation is 1. The van der Waals surface area contributed by atoms with Crippen LogP contribution in [-0.2, 0) is 0 Å². The lowest BCUT2D eigenvalue weighted by Gasteiger charge is -2.05. The second-order valence-electron chi connectivity index (χ2n) is 5.65. The highest BCUT2D eigenvalue weighted by Crippen LogP contribution is 2.35. The Kier molecular flexibility index (Phi) is 4.33. The Morgan fingerprint density at radius 2 is 2.04 bits per heavy atom. The van der Waals surface area contributed by atoms with Gasteiger partial charge in [-0.1, -0.05) is 29.1 Å². The molecule has 0 spiro atoms. The summed E-state index contributed by atoms with van der Waals surface area (Å²) in [6, 6.07) is 6.05. The zero-order valence-corrected chi connectivity index (χ0v) is 15.4. The van der Waals surface area contributed by atoms with Crippen LogP contribution in [0.4, 0.5) is 4.39 Å². The van der Waals surface area contributed by atoms with Crippen molar-refractivity contribution in [3.05, 3.63) is 57.5 Å². The zero-order valence-electron chi connectivity index (χ0n) is 13.8. The van der Waals surface area contributed by atoms with E-state index < -0.39 is 0 Å². The van der Waals surface area contributed by atoms with Gasteiger partial charge in [0.15, 0.2) is 11.0 Å². The molecule has 3 heterocycles. The topological polar surface area (TPSA) is 84.7 Å². The van der Waals surface area contributed by atoms with Gasteiger partial charge >= 0.3 is 0 Å². The molecule has 0 aliphatic carbocycles. The number of nitrogens with one attached hydrogen (secondary N) is 1. The van der Waals surface area contributed by atoms with Gasteiger partial charge in [0.25, 0.3) is 5.56 Å². The average molecular weight is 388 g/mol. The quantitative estimate of drug-likeness (QED) is 0.414. The summed E-state index contributed by atoms with van der Waals surface area (Å²) >= 11 is 2.72. The standard InChI is InChI=1S/C17H13FN4O2S2/c1-8(15-19-9(2)22-24-15)26-17-20-14(23)13-12(7-25-16(13)21-17)10-3-5-11(18)6-4-10/h3-8H,1-2H3,(H,20,21,23)/t8-/m1/s1. The van der Waals surface area contributed by atoms with E-state index in [2.05, 4.69) is 20.1 Å². The first kappa shape index (κ1) is 16.9. The summed E-state index contributed by atoms with van der Waals surface area (Å²) in [4.78, 5) is 24.8. The summed E-state index contributed by atoms with van der Waals surface area (Å²) in [7, 11) is 0. The molecule has 4 rings (SSSR count). The second kappa shape index (κ2) is 6.65. The van der Waals surface area contributed by atoms with E-state index >= 15 is 0 Å². The second-order valence-corrected chi connectivity index (χ2v) is 7.84. The highest BCUT2D eigenvalue weighted by atomic mass is 32.2. The Bertz CT molecular complexity index is 1130. The van der Waals surface area contributed by atoms with Gasteiger partial charge < -0.3 is 9.51 Å².